The molecule has 1 atom stereocenters. The van der Waals surface area contributed by atoms with Crippen LogP contribution in [-0.2, 0) is 10.0 Å². The highest BCUT2D eigenvalue weighted by Crippen LogP contribution is 2.15. The zero-order valence-electron chi connectivity index (χ0n) is 13.3. The molecule has 1 fully saturated rings. The van der Waals surface area contributed by atoms with Crippen LogP contribution in [0, 0.1) is 0 Å². The van der Waals surface area contributed by atoms with Gasteiger partial charge in [-0.05, 0) is 19.1 Å². The minimum Gasteiger partial charge on any atom is -0.354 e. The highest BCUT2D eigenvalue weighted by molar-refractivity contribution is 7.88. The van der Waals surface area contributed by atoms with Crippen LogP contribution < -0.4 is 5.32 Å². The number of nitrogens with zero attached hydrogens (tertiary/aromatic N) is 3. The van der Waals surface area contributed by atoms with Crippen LogP contribution in [0.4, 0.5) is 0 Å². The van der Waals surface area contributed by atoms with E-state index in [9.17, 15) is 18.0 Å². The van der Waals surface area contributed by atoms with Gasteiger partial charge in [-0.15, -0.1) is 0 Å². The molecule has 126 valence electrons. The van der Waals surface area contributed by atoms with Crippen LogP contribution in [0.1, 0.15) is 27.8 Å². The largest absolute Gasteiger partial charge is 0.354 e. The Morgan fingerprint density at radius 1 is 1.30 bits per heavy atom. The molecule has 1 saturated heterocycles. The van der Waals surface area contributed by atoms with Crippen LogP contribution in [0.15, 0.2) is 18.3 Å². The van der Waals surface area contributed by atoms with E-state index in [1.807, 2.05) is 0 Å². The highest BCUT2D eigenvalue weighted by Gasteiger charge is 2.32. The molecule has 8 nitrogen and oxygen atoms in total. The van der Waals surface area contributed by atoms with E-state index >= 15 is 0 Å². The lowest BCUT2D eigenvalue weighted by molar-refractivity contribution is 0.0642. The quantitative estimate of drug-likeness (QED) is 0.803. The zero-order valence-corrected chi connectivity index (χ0v) is 14.1. The van der Waals surface area contributed by atoms with Gasteiger partial charge < -0.3 is 10.2 Å². The fraction of sp³-hybridized carbons (Fsp3) is 0.500. The van der Waals surface area contributed by atoms with Crippen LogP contribution in [0.5, 0.6) is 0 Å². The van der Waals surface area contributed by atoms with Gasteiger partial charge in [-0.25, -0.2) is 8.42 Å². The number of hydrogen-bond donors (Lipinski definition) is 1. The summed E-state index contributed by atoms with van der Waals surface area (Å²) in [6.45, 7) is 2.69. The number of pyridine rings is 1. The molecule has 0 bridgehead atoms. The number of hydrogen-bond acceptors (Lipinski definition) is 5. The van der Waals surface area contributed by atoms with Crippen LogP contribution in [0.3, 0.4) is 0 Å². The Kier molecular flexibility index (Phi) is 5.00. The number of amides is 2. The SMILES string of the molecule is CNC(=O)c1ccc(C(=O)N2CCN(S(C)(=O)=O)[C@@H](C)C2)cn1. The molecule has 9 heteroatoms. The zero-order chi connectivity index (χ0) is 17.2. The van der Waals surface area contributed by atoms with Gasteiger partial charge in [0.15, 0.2) is 0 Å². The second-order valence-electron chi connectivity index (χ2n) is 5.49. The summed E-state index contributed by atoms with van der Waals surface area (Å²) in [5, 5.41) is 2.46. The summed E-state index contributed by atoms with van der Waals surface area (Å²) in [6.07, 6.45) is 2.53. The first-order chi connectivity index (χ1) is 10.7. The van der Waals surface area contributed by atoms with Crippen molar-refractivity contribution in [3.8, 4) is 0 Å². The van der Waals surface area contributed by atoms with Gasteiger partial charge in [0.05, 0.1) is 11.8 Å². The van der Waals surface area contributed by atoms with Crippen molar-refractivity contribution < 1.29 is 18.0 Å². The number of carbonyl (C=O) groups is 2. The van der Waals surface area contributed by atoms with E-state index in [0.29, 0.717) is 18.7 Å². The molecule has 2 amide bonds. The van der Waals surface area contributed by atoms with E-state index in [0.717, 1.165) is 0 Å². The lowest BCUT2D eigenvalue weighted by Gasteiger charge is -2.38. The van der Waals surface area contributed by atoms with Gasteiger partial charge in [0.25, 0.3) is 11.8 Å². The molecule has 1 aliphatic rings. The predicted molar refractivity (Wildman–Crippen MR) is 84.5 cm³/mol. The standard InChI is InChI=1S/C14H20N4O4S/c1-10-9-17(6-7-18(10)23(3,21)22)14(20)11-4-5-12(16-8-11)13(19)15-2/h4-5,8,10H,6-7,9H2,1-3H3,(H,15,19)/t10-/m0/s1. The summed E-state index contributed by atoms with van der Waals surface area (Å²) in [4.78, 5) is 29.5. The average molecular weight is 340 g/mol. The van der Waals surface area contributed by atoms with E-state index in [2.05, 4.69) is 10.3 Å². The number of sulfonamides is 1. The Hall–Kier alpha value is -2.00. The second kappa shape index (κ2) is 6.63. The fourth-order valence-corrected chi connectivity index (χ4v) is 3.72. The van der Waals surface area contributed by atoms with Crippen molar-refractivity contribution in [2.75, 3.05) is 32.9 Å². The van der Waals surface area contributed by atoms with Gasteiger partial charge in [-0.3, -0.25) is 14.6 Å². The molecule has 0 aromatic carbocycles. The summed E-state index contributed by atoms with van der Waals surface area (Å²) in [5.74, 6) is -0.541. The molecule has 1 aromatic rings. The first-order valence-electron chi connectivity index (χ1n) is 7.18. The number of carbonyl (C=O) groups excluding carboxylic acids is 2. The molecule has 1 N–H and O–H groups in total. The minimum atomic E-state index is -3.27. The third-order valence-electron chi connectivity index (χ3n) is 3.75. The lowest BCUT2D eigenvalue weighted by Crippen LogP contribution is -2.55. The third kappa shape index (κ3) is 3.85. The van der Waals surface area contributed by atoms with Crippen molar-refractivity contribution in [1.82, 2.24) is 19.5 Å². The first-order valence-corrected chi connectivity index (χ1v) is 9.03. The minimum absolute atomic E-state index is 0.221. The molecule has 0 radical (unpaired) electrons. The molecule has 2 rings (SSSR count). The van der Waals surface area contributed by atoms with Crippen molar-refractivity contribution in [3.63, 3.8) is 0 Å². The molecular formula is C14H20N4O4S. The summed E-state index contributed by atoms with van der Waals surface area (Å²) in [7, 11) is -1.76. The molecule has 0 spiro atoms. The van der Waals surface area contributed by atoms with Crippen LogP contribution in [0.25, 0.3) is 0 Å². The maximum Gasteiger partial charge on any atom is 0.269 e. The van der Waals surface area contributed by atoms with Gasteiger partial charge in [0, 0.05) is 38.9 Å². The van der Waals surface area contributed by atoms with E-state index in [1.54, 1.807) is 17.9 Å². The Labute approximate surface area is 135 Å². The molecule has 0 saturated carbocycles. The molecule has 23 heavy (non-hydrogen) atoms. The van der Waals surface area contributed by atoms with E-state index in [-0.39, 0.29) is 30.1 Å². The average Bonchev–Trinajstić information content (AvgIpc) is 2.52. The Morgan fingerprint density at radius 3 is 2.48 bits per heavy atom. The normalized spacial score (nSPS) is 19.4. The molecule has 0 aliphatic carbocycles. The fourth-order valence-electron chi connectivity index (χ4n) is 2.58. The number of aromatic nitrogens is 1. The van der Waals surface area contributed by atoms with Crippen LogP contribution >= 0.6 is 0 Å². The van der Waals surface area contributed by atoms with Crippen molar-refractivity contribution >= 4 is 21.8 Å². The monoisotopic (exact) mass is 340 g/mol. The topological polar surface area (TPSA) is 99.7 Å². The summed E-state index contributed by atoms with van der Waals surface area (Å²) in [5.41, 5.74) is 0.608. The van der Waals surface area contributed by atoms with Gasteiger partial charge in [0.2, 0.25) is 10.0 Å². The maximum atomic E-state index is 12.5. The second-order valence-corrected chi connectivity index (χ2v) is 7.42. The highest BCUT2D eigenvalue weighted by atomic mass is 32.2. The van der Waals surface area contributed by atoms with Crippen molar-refractivity contribution in [3.05, 3.63) is 29.6 Å². The Bertz CT molecular complexity index is 702. The Morgan fingerprint density at radius 2 is 2.00 bits per heavy atom. The first kappa shape index (κ1) is 17.4. The number of nitrogens with one attached hydrogen (secondary N) is 1. The third-order valence-corrected chi connectivity index (χ3v) is 5.14. The number of piperazine rings is 1. The van der Waals surface area contributed by atoms with Gasteiger partial charge in [-0.1, -0.05) is 0 Å². The molecule has 2 heterocycles. The van der Waals surface area contributed by atoms with Crippen molar-refractivity contribution in [2.24, 2.45) is 0 Å². The van der Waals surface area contributed by atoms with Crippen molar-refractivity contribution in [2.45, 2.75) is 13.0 Å². The smallest absolute Gasteiger partial charge is 0.269 e. The van der Waals surface area contributed by atoms with E-state index in [1.165, 1.54) is 29.9 Å². The van der Waals surface area contributed by atoms with E-state index < -0.39 is 10.0 Å². The summed E-state index contributed by atoms with van der Waals surface area (Å²) < 4.78 is 24.7. The summed E-state index contributed by atoms with van der Waals surface area (Å²) >= 11 is 0. The van der Waals surface area contributed by atoms with Gasteiger partial charge in [0.1, 0.15) is 5.69 Å². The molecule has 1 aliphatic heterocycles. The molecular weight excluding hydrogens is 320 g/mol. The summed E-state index contributed by atoms with van der Waals surface area (Å²) in [6, 6.07) is 2.76. The Balaban J connectivity index is 2.09. The maximum absolute atomic E-state index is 12.5. The van der Waals surface area contributed by atoms with Crippen LogP contribution in [0.2, 0.25) is 0 Å². The van der Waals surface area contributed by atoms with E-state index in [4.69, 9.17) is 0 Å². The lowest BCUT2D eigenvalue weighted by atomic mass is 10.1. The van der Waals surface area contributed by atoms with Crippen LogP contribution in [-0.4, -0.2) is 73.4 Å². The molecule has 1 aromatic heterocycles. The molecule has 0 unspecified atom stereocenters. The van der Waals surface area contributed by atoms with Gasteiger partial charge in [-0.2, -0.15) is 4.31 Å². The number of rotatable bonds is 3. The van der Waals surface area contributed by atoms with Crippen molar-refractivity contribution in [1.29, 1.82) is 0 Å². The van der Waals surface area contributed by atoms with Gasteiger partial charge >= 0.3 is 0 Å². The predicted octanol–water partition coefficient (Wildman–Crippen LogP) is -0.453.